The quantitative estimate of drug-likeness (QED) is 0.166. The molecular weight excluding hydrogens is 683 g/mol. The van der Waals surface area contributed by atoms with E-state index in [1.54, 1.807) is 0 Å². The Morgan fingerprint density at radius 2 is 0.945 bits per heavy atom. The van der Waals surface area contributed by atoms with Gasteiger partial charge in [-0.2, -0.15) is 0 Å². The number of para-hydroxylation sites is 1. The van der Waals surface area contributed by atoms with Crippen molar-refractivity contribution in [3.05, 3.63) is 235 Å². The molecule has 0 N–H and O–H groups in total. The molecule has 0 saturated carbocycles. The number of anilines is 3. The lowest BCUT2D eigenvalue weighted by Gasteiger charge is -2.34. The van der Waals surface area contributed by atoms with Crippen LogP contribution in [0.4, 0.5) is 17.1 Å². The van der Waals surface area contributed by atoms with Gasteiger partial charge in [-0.15, -0.1) is 11.3 Å². The van der Waals surface area contributed by atoms with Crippen LogP contribution < -0.4 is 4.90 Å². The molecule has 9 aromatic carbocycles. The standard InChI is InChI=1S/C53H35NS/c1-4-16-39(17-5-1)53(40-18-6-2-7-19-40)48-25-13-12-23-44(48)45-33-30-38(35-49(45)53)36-27-31-42(32-28-36)54(41-20-8-3-9-21-41)50-26-14-24-46-47-34-29-37-15-10-11-22-43(37)51(47)55-52(46)50/h1-35H. The number of thiophene rings is 1. The number of rotatable bonds is 6. The summed E-state index contributed by atoms with van der Waals surface area (Å²) < 4.78 is 2.63. The Labute approximate surface area is 325 Å². The van der Waals surface area contributed by atoms with Crippen LogP contribution in [0, 0.1) is 0 Å². The van der Waals surface area contributed by atoms with Crippen LogP contribution in [0.1, 0.15) is 22.3 Å². The first-order valence-corrected chi connectivity index (χ1v) is 19.7. The summed E-state index contributed by atoms with van der Waals surface area (Å²) in [6.07, 6.45) is 0. The van der Waals surface area contributed by atoms with Crippen molar-refractivity contribution in [2.75, 3.05) is 4.90 Å². The number of nitrogens with zero attached hydrogens (tertiary/aromatic N) is 1. The molecule has 0 atom stereocenters. The summed E-state index contributed by atoms with van der Waals surface area (Å²) in [5.74, 6) is 0. The van der Waals surface area contributed by atoms with Gasteiger partial charge in [-0.3, -0.25) is 0 Å². The minimum absolute atomic E-state index is 0.428. The van der Waals surface area contributed by atoms with Crippen LogP contribution in [0.5, 0.6) is 0 Å². The smallest absolute Gasteiger partial charge is 0.0713 e. The van der Waals surface area contributed by atoms with Gasteiger partial charge in [0, 0.05) is 26.8 Å². The van der Waals surface area contributed by atoms with E-state index in [0.29, 0.717) is 0 Å². The molecule has 1 heterocycles. The molecule has 1 nitrogen and oxygen atoms in total. The van der Waals surface area contributed by atoms with Gasteiger partial charge in [-0.25, -0.2) is 0 Å². The van der Waals surface area contributed by atoms with Crippen LogP contribution in [0.3, 0.4) is 0 Å². The topological polar surface area (TPSA) is 3.24 Å². The third kappa shape index (κ3) is 4.85. The summed E-state index contributed by atoms with van der Waals surface area (Å²) in [5.41, 5.74) is 13.2. The van der Waals surface area contributed by atoms with E-state index in [2.05, 4.69) is 217 Å². The zero-order chi connectivity index (χ0) is 36.3. The molecule has 0 saturated heterocycles. The van der Waals surface area contributed by atoms with Gasteiger partial charge in [0.15, 0.2) is 0 Å². The van der Waals surface area contributed by atoms with Crippen LogP contribution in [0.25, 0.3) is 53.2 Å². The van der Waals surface area contributed by atoms with E-state index in [9.17, 15) is 0 Å². The summed E-state index contributed by atoms with van der Waals surface area (Å²) >= 11 is 1.90. The Bertz CT molecular complexity index is 2980. The van der Waals surface area contributed by atoms with Crippen molar-refractivity contribution < 1.29 is 0 Å². The van der Waals surface area contributed by atoms with E-state index in [0.717, 1.165) is 11.4 Å². The second-order valence-electron chi connectivity index (χ2n) is 14.4. The lowest BCUT2D eigenvalue weighted by Crippen LogP contribution is -2.28. The molecule has 0 aliphatic heterocycles. The Kier molecular flexibility index (Phi) is 7.33. The van der Waals surface area contributed by atoms with E-state index in [-0.39, 0.29) is 0 Å². The minimum atomic E-state index is -0.428. The number of benzene rings is 9. The summed E-state index contributed by atoms with van der Waals surface area (Å²) in [4.78, 5) is 2.42. The monoisotopic (exact) mass is 717 g/mol. The van der Waals surface area contributed by atoms with E-state index in [1.807, 2.05) is 11.3 Å². The molecule has 55 heavy (non-hydrogen) atoms. The van der Waals surface area contributed by atoms with Crippen molar-refractivity contribution in [3.8, 4) is 22.3 Å². The maximum Gasteiger partial charge on any atom is 0.0713 e. The normalized spacial score (nSPS) is 12.9. The molecule has 1 aliphatic rings. The van der Waals surface area contributed by atoms with Crippen molar-refractivity contribution in [3.63, 3.8) is 0 Å². The average Bonchev–Trinajstić information content (AvgIpc) is 3.80. The van der Waals surface area contributed by atoms with E-state index in [1.165, 1.54) is 81.1 Å². The highest BCUT2D eigenvalue weighted by molar-refractivity contribution is 7.27. The molecule has 258 valence electrons. The first kappa shape index (κ1) is 31.8. The second kappa shape index (κ2) is 12.7. The summed E-state index contributed by atoms with van der Waals surface area (Å²) in [6, 6.07) is 78.1. The average molecular weight is 718 g/mol. The zero-order valence-corrected chi connectivity index (χ0v) is 30.9. The Hall–Kier alpha value is -6.74. The van der Waals surface area contributed by atoms with Gasteiger partial charge in [0.05, 0.1) is 15.8 Å². The lowest BCUT2D eigenvalue weighted by molar-refractivity contribution is 0.769. The molecule has 0 fully saturated rings. The van der Waals surface area contributed by atoms with Crippen LogP contribution in [-0.4, -0.2) is 0 Å². The first-order chi connectivity index (χ1) is 27.3. The third-order valence-corrected chi connectivity index (χ3v) is 12.8. The molecular formula is C53H35NS. The third-order valence-electron chi connectivity index (χ3n) is 11.5. The van der Waals surface area contributed by atoms with Crippen molar-refractivity contribution in [2.24, 2.45) is 0 Å². The molecule has 10 aromatic rings. The summed E-state index contributed by atoms with van der Waals surface area (Å²) in [5, 5.41) is 5.19. The van der Waals surface area contributed by atoms with E-state index < -0.39 is 5.41 Å². The molecule has 11 rings (SSSR count). The highest BCUT2D eigenvalue weighted by Gasteiger charge is 2.46. The largest absolute Gasteiger partial charge is 0.309 e. The van der Waals surface area contributed by atoms with E-state index in [4.69, 9.17) is 0 Å². The van der Waals surface area contributed by atoms with Gasteiger partial charge >= 0.3 is 0 Å². The Morgan fingerprint density at radius 1 is 0.364 bits per heavy atom. The predicted octanol–water partition coefficient (Wildman–Crippen LogP) is 14.7. The van der Waals surface area contributed by atoms with Gasteiger partial charge in [0.2, 0.25) is 0 Å². The number of hydrogen-bond donors (Lipinski definition) is 0. The molecule has 1 aromatic heterocycles. The molecule has 2 heteroatoms. The predicted molar refractivity (Wildman–Crippen MR) is 234 cm³/mol. The Balaban J connectivity index is 1.06. The molecule has 0 unspecified atom stereocenters. The van der Waals surface area contributed by atoms with E-state index >= 15 is 0 Å². The maximum absolute atomic E-state index is 2.45. The molecule has 0 bridgehead atoms. The summed E-state index contributed by atoms with van der Waals surface area (Å²) in [7, 11) is 0. The first-order valence-electron chi connectivity index (χ1n) is 18.9. The van der Waals surface area contributed by atoms with Crippen molar-refractivity contribution in [2.45, 2.75) is 5.41 Å². The number of fused-ring (bicyclic) bond motifs is 8. The highest BCUT2D eigenvalue weighted by atomic mass is 32.1. The Morgan fingerprint density at radius 3 is 1.71 bits per heavy atom. The SMILES string of the molecule is c1ccc(N(c2ccc(-c3ccc4c(c3)C(c3ccccc3)(c3ccccc3)c3ccccc3-4)cc2)c2cccc3c2sc2c4ccccc4ccc32)cc1. The van der Waals surface area contributed by atoms with Crippen LogP contribution in [0.15, 0.2) is 212 Å². The number of hydrogen-bond acceptors (Lipinski definition) is 2. The second-order valence-corrected chi connectivity index (χ2v) is 15.4. The van der Waals surface area contributed by atoms with Crippen LogP contribution in [-0.2, 0) is 5.41 Å². The van der Waals surface area contributed by atoms with Gasteiger partial charge in [-0.1, -0.05) is 176 Å². The van der Waals surface area contributed by atoms with Crippen molar-refractivity contribution >= 4 is 59.3 Å². The van der Waals surface area contributed by atoms with Gasteiger partial charge in [-0.05, 0) is 91.7 Å². The van der Waals surface area contributed by atoms with Gasteiger partial charge in [0.25, 0.3) is 0 Å². The van der Waals surface area contributed by atoms with Gasteiger partial charge < -0.3 is 4.90 Å². The fourth-order valence-electron chi connectivity index (χ4n) is 9.12. The molecule has 1 aliphatic carbocycles. The molecule has 0 amide bonds. The fraction of sp³-hybridized carbons (Fsp3) is 0.0189. The van der Waals surface area contributed by atoms with Crippen LogP contribution in [0.2, 0.25) is 0 Å². The maximum atomic E-state index is 2.45. The molecule has 0 spiro atoms. The van der Waals surface area contributed by atoms with Crippen molar-refractivity contribution in [1.29, 1.82) is 0 Å². The van der Waals surface area contributed by atoms with Crippen LogP contribution >= 0.6 is 11.3 Å². The molecule has 0 radical (unpaired) electrons. The zero-order valence-electron chi connectivity index (χ0n) is 30.1. The highest BCUT2D eigenvalue weighted by Crippen LogP contribution is 2.57. The summed E-state index contributed by atoms with van der Waals surface area (Å²) in [6.45, 7) is 0. The minimum Gasteiger partial charge on any atom is -0.309 e. The fourth-order valence-corrected chi connectivity index (χ4v) is 10.5. The van der Waals surface area contributed by atoms with Gasteiger partial charge in [0.1, 0.15) is 0 Å². The lowest BCUT2D eigenvalue weighted by atomic mass is 9.67. The van der Waals surface area contributed by atoms with Crippen molar-refractivity contribution in [1.82, 2.24) is 0 Å².